The van der Waals surface area contributed by atoms with Gasteiger partial charge in [-0.3, -0.25) is 9.48 Å². The number of aromatic nitrogens is 3. The molecule has 0 saturated heterocycles. The maximum absolute atomic E-state index is 12.8. The summed E-state index contributed by atoms with van der Waals surface area (Å²) in [6.07, 6.45) is 5.17. The molecule has 0 bridgehead atoms. The lowest BCUT2D eigenvalue weighted by Gasteiger charge is -2.16. The van der Waals surface area contributed by atoms with Crippen molar-refractivity contribution in [1.29, 1.82) is 0 Å². The number of fused-ring (bicyclic) bond motifs is 2. The van der Waals surface area contributed by atoms with Crippen LogP contribution in [0.5, 0.6) is 0 Å². The summed E-state index contributed by atoms with van der Waals surface area (Å²) in [6.45, 7) is 8.71. The van der Waals surface area contributed by atoms with Gasteiger partial charge in [0.2, 0.25) is 0 Å². The Morgan fingerprint density at radius 1 is 1.17 bits per heavy atom. The molecule has 190 valence electrons. The van der Waals surface area contributed by atoms with Crippen LogP contribution in [0.2, 0.25) is 5.02 Å². The first-order valence-corrected chi connectivity index (χ1v) is 12.9. The third-order valence-electron chi connectivity index (χ3n) is 6.41. The topological polar surface area (TPSA) is 75.3 Å². The van der Waals surface area contributed by atoms with Crippen LogP contribution in [0.1, 0.15) is 74.4 Å². The number of halogens is 1. The summed E-state index contributed by atoms with van der Waals surface area (Å²) in [7, 11) is 3.27. The number of methoxy groups -OCH3 is 1. The lowest BCUT2D eigenvalue weighted by molar-refractivity contribution is -0.141. The molecule has 3 aromatic rings. The molecule has 0 saturated carbocycles. The molecule has 0 unspecified atom stereocenters. The van der Waals surface area contributed by atoms with E-state index in [-0.39, 0.29) is 5.97 Å². The number of esters is 2. The second-order valence-electron chi connectivity index (χ2n) is 8.44. The predicted octanol–water partition coefficient (Wildman–Crippen LogP) is 5.90. The monoisotopic (exact) mass is 501 g/mol. The Balaban J connectivity index is 0.00000167. The van der Waals surface area contributed by atoms with E-state index in [1.54, 1.807) is 0 Å². The summed E-state index contributed by atoms with van der Waals surface area (Å²) in [4.78, 5) is 24.0. The van der Waals surface area contributed by atoms with E-state index in [0.29, 0.717) is 30.2 Å². The van der Waals surface area contributed by atoms with E-state index >= 15 is 0 Å². The lowest BCUT2D eigenvalue weighted by atomic mass is 9.95. The smallest absolute Gasteiger partial charge is 0.354 e. The van der Waals surface area contributed by atoms with Crippen LogP contribution in [0.15, 0.2) is 12.1 Å². The van der Waals surface area contributed by atoms with Crippen LogP contribution < -0.4 is 0 Å². The first-order chi connectivity index (χ1) is 16.9. The number of carbonyl (C=O) groups is 2. The van der Waals surface area contributed by atoms with Crippen molar-refractivity contribution < 1.29 is 19.1 Å². The zero-order chi connectivity index (χ0) is 25.7. The fourth-order valence-corrected chi connectivity index (χ4v) is 5.24. The number of carbonyl (C=O) groups excluding carboxylic acids is 2. The quantitative estimate of drug-likeness (QED) is 0.297. The summed E-state index contributed by atoms with van der Waals surface area (Å²) in [5, 5.41) is 6.49. The average Bonchev–Trinajstić information content (AvgIpc) is 3.37. The van der Waals surface area contributed by atoms with Gasteiger partial charge in [0.05, 0.1) is 29.9 Å². The van der Waals surface area contributed by atoms with Gasteiger partial charge in [0.1, 0.15) is 5.69 Å². The molecule has 7 nitrogen and oxygen atoms in total. The summed E-state index contributed by atoms with van der Waals surface area (Å²) in [5.41, 5.74) is 6.54. The second-order valence-corrected chi connectivity index (χ2v) is 8.85. The van der Waals surface area contributed by atoms with E-state index in [0.717, 1.165) is 65.5 Å². The molecule has 1 aliphatic heterocycles. The molecule has 3 heterocycles. The maximum atomic E-state index is 12.8. The summed E-state index contributed by atoms with van der Waals surface area (Å²) < 4.78 is 14.3. The third kappa shape index (κ3) is 5.10. The number of rotatable bonds is 7. The van der Waals surface area contributed by atoms with E-state index < -0.39 is 5.97 Å². The number of aryl methyl sites for hydroxylation is 4. The Morgan fingerprint density at radius 3 is 2.57 bits per heavy atom. The standard InChI is InChI=1S/C25H30ClN3O4.C2H6/c1-5-19-22(20-10-6-7-13-29(20)27-19)21-18(26)12-11-17-16(9-8-14-33-15(2)30)24(25(31)32-4)28(3)23(17)21;1-2/h11-12H,5-10,13-14H2,1-4H3;1-2H3. The summed E-state index contributed by atoms with van der Waals surface area (Å²) in [6, 6.07) is 3.87. The number of ether oxygens (including phenoxy) is 2. The largest absolute Gasteiger partial charge is 0.466 e. The van der Waals surface area contributed by atoms with Crippen molar-refractivity contribution in [3.63, 3.8) is 0 Å². The molecule has 4 rings (SSSR count). The normalized spacial score (nSPS) is 12.7. The third-order valence-corrected chi connectivity index (χ3v) is 6.73. The minimum atomic E-state index is -0.397. The van der Waals surface area contributed by atoms with Crippen molar-refractivity contribution in [1.82, 2.24) is 14.3 Å². The van der Waals surface area contributed by atoms with Gasteiger partial charge in [-0.15, -0.1) is 0 Å². The second kappa shape index (κ2) is 11.8. The van der Waals surface area contributed by atoms with E-state index in [9.17, 15) is 9.59 Å². The summed E-state index contributed by atoms with van der Waals surface area (Å²) in [5.74, 6) is -0.709. The fourth-order valence-electron chi connectivity index (χ4n) is 4.99. The maximum Gasteiger partial charge on any atom is 0.354 e. The molecular formula is C27H36ClN3O4. The van der Waals surface area contributed by atoms with Gasteiger partial charge in [0.25, 0.3) is 0 Å². The van der Waals surface area contributed by atoms with Gasteiger partial charge in [-0.2, -0.15) is 5.10 Å². The molecule has 1 aromatic carbocycles. The van der Waals surface area contributed by atoms with Crippen LogP contribution in [0.25, 0.3) is 22.0 Å². The van der Waals surface area contributed by atoms with Gasteiger partial charge in [-0.25, -0.2) is 4.79 Å². The number of hydrogen-bond donors (Lipinski definition) is 0. The summed E-state index contributed by atoms with van der Waals surface area (Å²) >= 11 is 6.85. The van der Waals surface area contributed by atoms with Gasteiger partial charge in [-0.1, -0.05) is 38.4 Å². The molecule has 0 spiro atoms. The van der Waals surface area contributed by atoms with Gasteiger partial charge in [0.15, 0.2) is 0 Å². The minimum absolute atomic E-state index is 0.295. The Bertz CT molecular complexity index is 1230. The van der Waals surface area contributed by atoms with Gasteiger partial charge < -0.3 is 14.0 Å². The molecule has 0 N–H and O–H groups in total. The molecule has 8 heteroatoms. The first-order valence-electron chi connectivity index (χ1n) is 12.5. The van der Waals surface area contributed by atoms with Crippen LogP contribution >= 0.6 is 11.6 Å². The molecule has 0 amide bonds. The lowest BCUT2D eigenvalue weighted by Crippen LogP contribution is -2.12. The van der Waals surface area contributed by atoms with Crippen molar-refractivity contribution in [3.8, 4) is 11.1 Å². The van der Waals surface area contributed by atoms with Crippen LogP contribution in [0.3, 0.4) is 0 Å². The molecule has 2 aromatic heterocycles. The number of benzene rings is 1. The first kappa shape index (κ1) is 26.8. The van der Waals surface area contributed by atoms with Crippen molar-refractivity contribution in [2.75, 3.05) is 13.7 Å². The molecule has 0 atom stereocenters. The molecule has 35 heavy (non-hydrogen) atoms. The zero-order valence-corrected chi connectivity index (χ0v) is 22.4. The molecular weight excluding hydrogens is 466 g/mol. The van der Waals surface area contributed by atoms with Gasteiger partial charge in [-0.05, 0) is 50.2 Å². The predicted molar refractivity (Wildman–Crippen MR) is 139 cm³/mol. The Labute approximate surface area is 212 Å². The van der Waals surface area contributed by atoms with Gasteiger partial charge >= 0.3 is 11.9 Å². The Kier molecular flexibility index (Phi) is 9.00. The minimum Gasteiger partial charge on any atom is -0.466 e. The highest BCUT2D eigenvalue weighted by Crippen LogP contribution is 2.43. The van der Waals surface area contributed by atoms with Crippen molar-refractivity contribution in [2.45, 2.75) is 72.8 Å². The molecule has 0 aliphatic carbocycles. The van der Waals surface area contributed by atoms with E-state index in [2.05, 4.69) is 11.6 Å². The number of hydrogen-bond acceptors (Lipinski definition) is 5. The number of nitrogens with zero attached hydrogens (tertiary/aromatic N) is 3. The van der Waals surface area contributed by atoms with E-state index in [1.165, 1.54) is 19.7 Å². The average molecular weight is 502 g/mol. The molecule has 1 aliphatic rings. The SMILES string of the molecule is CC.CCc1nn2c(c1-c1c(Cl)ccc3c(CCCOC(C)=O)c(C(=O)OC)n(C)c13)CCCC2. The Hall–Kier alpha value is -2.80. The van der Waals surface area contributed by atoms with Crippen molar-refractivity contribution in [2.24, 2.45) is 7.05 Å². The van der Waals surface area contributed by atoms with Gasteiger partial charge in [0, 0.05) is 42.7 Å². The van der Waals surface area contributed by atoms with E-state index in [4.69, 9.17) is 26.2 Å². The highest BCUT2D eigenvalue weighted by atomic mass is 35.5. The highest BCUT2D eigenvalue weighted by Gasteiger charge is 2.29. The Morgan fingerprint density at radius 2 is 1.91 bits per heavy atom. The van der Waals surface area contributed by atoms with E-state index in [1.807, 2.05) is 37.6 Å². The fraction of sp³-hybridized carbons (Fsp3) is 0.519. The highest BCUT2D eigenvalue weighted by molar-refractivity contribution is 6.35. The molecule has 0 fully saturated rings. The van der Waals surface area contributed by atoms with Crippen molar-refractivity contribution in [3.05, 3.63) is 39.8 Å². The van der Waals surface area contributed by atoms with Crippen LogP contribution in [0.4, 0.5) is 0 Å². The van der Waals surface area contributed by atoms with Crippen LogP contribution in [-0.2, 0) is 47.1 Å². The zero-order valence-electron chi connectivity index (χ0n) is 21.7. The van der Waals surface area contributed by atoms with Crippen molar-refractivity contribution >= 4 is 34.4 Å². The molecule has 0 radical (unpaired) electrons. The van der Waals surface area contributed by atoms with Crippen LogP contribution in [0, 0.1) is 0 Å². The van der Waals surface area contributed by atoms with Crippen LogP contribution in [-0.4, -0.2) is 40.0 Å².